The number of rotatable bonds is 6. The van der Waals surface area contributed by atoms with Gasteiger partial charge in [0, 0.05) is 24.8 Å². The van der Waals surface area contributed by atoms with Crippen LogP contribution in [0.1, 0.15) is 35.7 Å². The van der Waals surface area contributed by atoms with Crippen molar-refractivity contribution in [1.29, 1.82) is 5.26 Å². The van der Waals surface area contributed by atoms with Gasteiger partial charge in [0.05, 0.1) is 22.1 Å². The summed E-state index contributed by atoms with van der Waals surface area (Å²) in [6, 6.07) is 12.4. The quantitative estimate of drug-likeness (QED) is 0.442. The summed E-state index contributed by atoms with van der Waals surface area (Å²) >= 11 is 0. The summed E-state index contributed by atoms with van der Waals surface area (Å²) in [5, 5.41) is 22.9. The van der Waals surface area contributed by atoms with Gasteiger partial charge in [0.15, 0.2) is 6.10 Å². The number of esters is 1. The number of hydrogen-bond donors (Lipinski definition) is 1. The van der Waals surface area contributed by atoms with Crippen LogP contribution >= 0.6 is 0 Å². The lowest BCUT2D eigenvalue weighted by Crippen LogP contribution is -2.30. The molecular formula is C21H20N4O5. The Bertz CT molecular complexity index is 1010. The molecule has 0 unspecified atom stereocenters. The van der Waals surface area contributed by atoms with E-state index in [1.165, 1.54) is 19.1 Å². The molecule has 1 atom stereocenters. The summed E-state index contributed by atoms with van der Waals surface area (Å²) in [6.07, 6.45) is 0.810. The van der Waals surface area contributed by atoms with Crippen molar-refractivity contribution in [3.63, 3.8) is 0 Å². The first-order valence-electron chi connectivity index (χ1n) is 9.44. The first kappa shape index (κ1) is 20.8. The second-order valence-electron chi connectivity index (χ2n) is 6.88. The van der Waals surface area contributed by atoms with Gasteiger partial charge in [-0.25, -0.2) is 4.79 Å². The Balaban J connectivity index is 1.68. The van der Waals surface area contributed by atoms with Crippen LogP contribution in [0.5, 0.6) is 0 Å². The van der Waals surface area contributed by atoms with E-state index in [1.807, 2.05) is 11.0 Å². The summed E-state index contributed by atoms with van der Waals surface area (Å²) in [4.78, 5) is 37.6. The molecule has 9 nitrogen and oxygen atoms in total. The molecule has 154 valence electrons. The minimum absolute atomic E-state index is 0.00247. The Hall–Kier alpha value is -3.93. The van der Waals surface area contributed by atoms with Crippen molar-refractivity contribution in [2.75, 3.05) is 23.3 Å². The van der Waals surface area contributed by atoms with Crippen molar-refractivity contribution in [3.05, 3.63) is 63.7 Å². The standard InChI is InChI=1S/C21H20N4O5/c1-14(20(26)23-17-7-4-15(13-22)5-8-17)30-21(27)16-6-9-18(19(12-16)25(28)29)24-10-2-3-11-24/h4-9,12,14H,2-3,10-11H2,1H3,(H,23,26)/t14-/m0/s1. The molecule has 1 heterocycles. The van der Waals surface area contributed by atoms with Gasteiger partial charge in [0.25, 0.3) is 11.6 Å². The van der Waals surface area contributed by atoms with Crippen LogP contribution in [-0.4, -0.2) is 36.0 Å². The Morgan fingerprint density at radius 1 is 1.20 bits per heavy atom. The summed E-state index contributed by atoms with van der Waals surface area (Å²) in [5.41, 5.74) is 1.21. The van der Waals surface area contributed by atoms with Gasteiger partial charge in [-0.3, -0.25) is 14.9 Å². The number of nitrogens with zero attached hydrogens (tertiary/aromatic N) is 3. The molecule has 2 aromatic carbocycles. The molecule has 1 aliphatic rings. The number of carbonyl (C=O) groups is 2. The van der Waals surface area contributed by atoms with Crippen molar-refractivity contribution in [3.8, 4) is 6.07 Å². The molecule has 0 bridgehead atoms. The molecule has 0 saturated carbocycles. The van der Waals surface area contributed by atoms with Crippen LogP contribution in [0.25, 0.3) is 0 Å². The monoisotopic (exact) mass is 408 g/mol. The van der Waals surface area contributed by atoms with Crippen molar-refractivity contribution in [1.82, 2.24) is 0 Å². The largest absolute Gasteiger partial charge is 0.449 e. The molecule has 1 saturated heterocycles. The lowest BCUT2D eigenvalue weighted by molar-refractivity contribution is -0.384. The average Bonchev–Trinajstić information content (AvgIpc) is 3.28. The summed E-state index contributed by atoms with van der Waals surface area (Å²) in [7, 11) is 0. The number of benzene rings is 2. The lowest BCUT2D eigenvalue weighted by atomic mass is 10.1. The highest BCUT2D eigenvalue weighted by atomic mass is 16.6. The maximum Gasteiger partial charge on any atom is 0.339 e. The second-order valence-corrected chi connectivity index (χ2v) is 6.88. The molecule has 3 rings (SSSR count). The third-order valence-electron chi connectivity index (χ3n) is 4.79. The molecule has 0 radical (unpaired) electrons. The van der Waals surface area contributed by atoms with Crippen LogP contribution < -0.4 is 10.2 Å². The van der Waals surface area contributed by atoms with Crippen LogP contribution in [0.3, 0.4) is 0 Å². The van der Waals surface area contributed by atoms with E-state index in [1.54, 1.807) is 30.3 Å². The minimum atomic E-state index is -1.12. The molecule has 30 heavy (non-hydrogen) atoms. The molecular weight excluding hydrogens is 388 g/mol. The third-order valence-corrected chi connectivity index (χ3v) is 4.79. The zero-order valence-corrected chi connectivity index (χ0v) is 16.3. The van der Waals surface area contributed by atoms with E-state index in [9.17, 15) is 19.7 Å². The van der Waals surface area contributed by atoms with Gasteiger partial charge in [-0.1, -0.05) is 0 Å². The fraction of sp³-hybridized carbons (Fsp3) is 0.286. The van der Waals surface area contributed by atoms with Crippen molar-refractivity contribution in [2.24, 2.45) is 0 Å². The molecule has 1 fully saturated rings. The van der Waals surface area contributed by atoms with Gasteiger partial charge in [0.2, 0.25) is 0 Å². The maximum atomic E-state index is 12.4. The Morgan fingerprint density at radius 3 is 2.47 bits per heavy atom. The van der Waals surface area contributed by atoms with E-state index in [4.69, 9.17) is 10.00 Å². The number of ether oxygens (including phenoxy) is 1. The molecule has 1 aliphatic heterocycles. The van der Waals surface area contributed by atoms with Crippen molar-refractivity contribution in [2.45, 2.75) is 25.9 Å². The average molecular weight is 408 g/mol. The van der Waals surface area contributed by atoms with E-state index < -0.39 is 22.9 Å². The predicted molar refractivity (Wildman–Crippen MR) is 109 cm³/mol. The van der Waals surface area contributed by atoms with E-state index >= 15 is 0 Å². The van der Waals surface area contributed by atoms with E-state index in [0.29, 0.717) is 16.9 Å². The molecule has 9 heteroatoms. The van der Waals surface area contributed by atoms with Crippen LogP contribution in [0.2, 0.25) is 0 Å². The predicted octanol–water partition coefficient (Wildman–Crippen LogP) is 3.25. The van der Waals surface area contributed by atoms with Gasteiger partial charge >= 0.3 is 5.97 Å². The highest BCUT2D eigenvalue weighted by Crippen LogP contribution is 2.32. The fourth-order valence-corrected chi connectivity index (χ4v) is 3.18. The number of amides is 1. The Labute approximate surface area is 173 Å². The first-order chi connectivity index (χ1) is 14.4. The van der Waals surface area contributed by atoms with E-state index in [2.05, 4.69) is 5.32 Å². The number of anilines is 2. The molecule has 0 aliphatic carbocycles. The summed E-state index contributed by atoms with van der Waals surface area (Å²) < 4.78 is 5.18. The molecule has 1 N–H and O–H groups in total. The SMILES string of the molecule is C[C@H](OC(=O)c1ccc(N2CCCC2)c([N+](=O)[O-])c1)C(=O)Nc1ccc(C#N)cc1. The number of nitro benzene ring substituents is 1. The van der Waals surface area contributed by atoms with Gasteiger partial charge in [0.1, 0.15) is 5.69 Å². The summed E-state index contributed by atoms with van der Waals surface area (Å²) in [6.45, 7) is 2.87. The molecule has 0 aromatic heterocycles. The maximum absolute atomic E-state index is 12.4. The van der Waals surface area contributed by atoms with Gasteiger partial charge < -0.3 is 15.0 Å². The Kier molecular flexibility index (Phi) is 6.27. The number of carbonyl (C=O) groups excluding carboxylic acids is 2. The highest BCUT2D eigenvalue weighted by molar-refractivity contribution is 5.97. The number of hydrogen-bond acceptors (Lipinski definition) is 7. The first-order valence-corrected chi connectivity index (χ1v) is 9.44. The van der Waals surface area contributed by atoms with Gasteiger partial charge in [-0.2, -0.15) is 5.26 Å². The number of nitriles is 1. The smallest absolute Gasteiger partial charge is 0.339 e. The lowest BCUT2D eigenvalue weighted by Gasteiger charge is -2.18. The highest BCUT2D eigenvalue weighted by Gasteiger charge is 2.25. The zero-order chi connectivity index (χ0) is 21.7. The summed E-state index contributed by atoms with van der Waals surface area (Å²) in [5.74, 6) is -1.38. The van der Waals surface area contributed by atoms with Crippen molar-refractivity contribution >= 4 is 28.9 Å². The van der Waals surface area contributed by atoms with Crippen LogP contribution in [0.15, 0.2) is 42.5 Å². The van der Waals surface area contributed by atoms with Crippen LogP contribution in [0.4, 0.5) is 17.1 Å². The normalized spacial score (nSPS) is 13.9. The van der Waals surface area contributed by atoms with E-state index in [0.717, 1.165) is 25.9 Å². The van der Waals surface area contributed by atoms with Gasteiger partial charge in [-0.05, 0) is 56.2 Å². The number of nitrogens with one attached hydrogen (secondary N) is 1. The molecule has 0 spiro atoms. The minimum Gasteiger partial charge on any atom is -0.449 e. The third kappa shape index (κ3) is 4.72. The Morgan fingerprint density at radius 2 is 1.87 bits per heavy atom. The molecule has 2 aromatic rings. The molecule has 1 amide bonds. The topological polar surface area (TPSA) is 126 Å². The zero-order valence-electron chi connectivity index (χ0n) is 16.3. The fourth-order valence-electron chi connectivity index (χ4n) is 3.18. The number of nitro groups is 1. The van der Waals surface area contributed by atoms with Crippen molar-refractivity contribution < 1.29 is 19.2 Å². The van der Waals surface area contributed by atoms with E-state index in [-0.39, 0.29) is 11.3 Å². The van der Waals surface area contributed by atoms with Gasteiger partial charge in [-0.15, -0.1) is 0 Å². The van der Waals surface area contributed by atoms with Crippen LogP contribution in [0, 0.1) is 21.4 Å². The second kappa shape index (κ2) is 9.05. The van der Waals surface area contributed by atoms with Crippen LogP contribution in [-0.2, 0) is 9.53 Å².